The largest absolute Gasteiger partial charge is 0.369 e. The quantitative estimate of drug-likeness (QED) is 0.773. The van der Waals surface area contributed by atoms with Gasteiger partial charge >= 0.3 is 0 Å². The molecule has 0 fully saturated rings. The molecule has 1 atom stereocenters. The van der Waals surface area contributed by atoms with Crippen molar-refractivity contribution in [3.05, 3.63) is 42.5 Å². The van der Waals surface area contributed by atoms with Gasteiger partial charge in [0.2, 0.25) is 5.91 Å². The van der Waals surface area contributed by atoms with Crippen LogP contribution in [0, 0.1) is 11.6 Å². The fourth-order valence-corrected chi connectivity index (χ4v) is 1.24. The minimum absolute atomic E-state index is 0.297. The van der Waals surface area contributed by atoms with E-state index in [0.29, 0.717) is 6.54 Å². The number of carbonyl (C=O) groups excluding carboxylic acids is 1. The Morgan fingerprint density at radius 3 is 2.59 bits per heavy atom. The van der Waals surface area contributed by atoms with Gasteiger partial charge in [0.15, 0.2) is 0 Å². The van der Waals surface area contributed by atoms with Crippen LogP contribution in [0.15, 0.2) is 30.9 Å². The standard InChI is InChI=1S/C12H14F2N2O/c1-3-7-15-12(17)8(2)16-11-9(13)5-4-6-10(11)14/h3-6,8,16H,1,7H2,2H3,(H,15,17). The molecule has 0 heterocycles. The summed E-state index contributed by atoms with van der Waals surface area (Å²) < 4.78 is 26.6. The van der Waals surface area contributed by atoms with Crippen molar-refractivity contribution in [3.8, 4) is 0 Å². The first kappa shape index (κ1) is 13.2. The zero-order valence-corrected chi connectivity index (χ0v) is 9.47. The fourth-order valence-electron chi connectivity index (χ4n) is 1.24. The Labute approximate surface area is 98.5 Å². The van der Waals surface area contributed by atoms with Crippen LogP contribution in [0.4, 0.5) is 14.5 Å². The monoisotopic (exact) mass is 240 g/mol. The van der Waals surface area contributed by atoms with Crippen LogP contribution in [-0.2, 0) is 4.79 Å². The summed E-state index contributed by atoms with van der Waals surface area (Å²) in [4.78, 5) is 11.5. The first-order valence-corrected chi connectivity index (χ1v) is 5.15. The van der Waals surface area contributed by atoms with Gasteiger partial charge in [-0.15, -0.1) is 6.58 Å². The van der Waals surface area contributed by atoms with Gasteiger partial charge in [-0.3, -0.25) is 4.79 Å². The van der Waals surface area contributed by atoms with E-state index in [1.807, 2.05) is 0 Å². The topological polar surface area (TPSA) is 41.1 Å². The molecule has 0 aliphatic carbocycles. The number of halogens is 2. The highest BCUT2D eigenvalue weighted by molar-refractivity contribution is 5.84. The first-order chi connectivity index (χ1) is 8.06. The number of nitrogens with one attached hydrogen (secondary N) is 2. The molecule has 0 radical (unpaired) electrons. The Morgan fingerprint density at radius 2 is 2.06 bits per heavy atom. The number of hydrogen-bond donors (Lipinski definition) is 2. The molecule has 2 N–H and O–H groups in total. The van der Waals surface area contributed by atoms with E-state index in [1.165, 1.54) is 19.1 Å². The summed E-state index contributed by atoms with van der Waals surface area (Å²) >= 11 is 0. The third-order valence-electron chi connectivity index (χ3n) is 2.14. The Hall–Kier alpha value is -1.91. The molecular weight excluding hydrogens is 226 g/mol. The van der Waals surface area contributed by atoms with Gasteiger partial charge in [-0.2, -0.15) is 0 Å². The van der Waals surface area contributed by atoms with Gasteiger partial charge in [-0.05, 0) is 19.1 Å². The van der Waals surface area contributed by atoms with Gasteiger partial charge in [0.1, 0.15) is 23.4 Å². The highest BCUT2D eigenvalue weighted by atomic mass is 19.1. The van der Waals surface area contributed by atoms with Crippen LogP contribution in [0.25, 0.3) is 0 Å². The van der Waals surface area contributed by atoms with Crippen LogP contribution >= 0.6 is 0 Å². The van der Waals surface area contributed by atoms with Crippen LogP contribution in [-0.4, -0.2) is 18.5 Å². The maximum absolute atomic E-state index is 13.3. The maximum atomic E-state index is 13.3. The molecule has 1 aromatic carbocycles. The number of hydrogen-bond acceptors (Lipinski definition) is 2. The second kappa shape index (κ2) is 5.98. The van der Waals surface area contributed by atoms with Gasteiger partial charge in [0.05, 0.1) is 0 Å². The normalized spacial score (nSPS) is 11.7. The SMILES string of the molecule is C=CCNC(=O)C(C)Nc1c(F)cccc1F. The number of carbonyl (C=O) groups is 1. The Kier molecular flexibility index (Phi) is 4.63. The molecule has 0 aromatic heterocycles. The minimum atomic E-state index is -0.735. The molecule has 1 unspecified atom stereocenters. The summed E-state index contributed by atoms with van der Waals surface area (Å²) in [6.45, 7) is 5.28. The van der Waals surface area contributed by atoms with Gasteiger partial charge in [0.25, 0.3) is 0 Å². The molecule has 0 bridgehead atoms. The summed E-state index contributed by atoms with van der Waals surface area (Å²) in [5, 5.41) is 5.02. The summed E-state index contributed by atoms with van der Waals surface area (Å²) in [5.74, 6) is -1.81. The maximum Gasteiger partial charge on any atom is 0.242 e. The smallest absolute Gasteiger partial charge is 0.242 e. The molecule has 0 aliphatic heterocycles. The van der Waals surface area contributed by atoms with Gasteiger partial charge in [0, 0.05) is 6.54 Å². The Balaban J connectivity index is 2.70. The number of amides is 1. The zero-order valence-electron chi connectivity index (χ0n) is 9.47. The third-order valence-corrected chi connectivity index (χ3v) is 2.14. The molecule has 1 rings (SSSR count). The molecule has 92 valence electrons. The highest BCUT2D eigenvalue weighted by Gasteiger charge is 2.16. The van der Waals surface area contributed by atoms with E-state index in [1.54, 1.807) is 0 Å². The van der Waals surface area contributed by atoms with E-state index in [9.17, 15) is 13.6 Å². The number of para-hydroxylation sites is 1. The average Bonchev–Trinajstić information content (AvgIpc) is 2.30. The van der Waals surface area contributed by atoms with Crippen molar-refractivity contribution >= 4 is 11.6 Å². The second-order valence-corrected chi connectivity index (χ2v) is 3.50. The fraction of sp³-hybridized carbons (Fsp3) is 0.250. The summed E-state index contributed by atoms with van der Waals surface area (Å²) in [6.07, 6.45) is 1.52. The number of benzene rings is 1. The van der Waals surface area contributed by atoms with Crippen LogP contribution in [0.2, 0.25) is 0 Å². The van der Waals surface area contributed by atoms with Crippen LogP contribution in [0.1, 0.15) is 6.92 Å². The number of anilines is 1. The predicted octanol–water partition coefficient (Wildman–Crippen LogP) is 2.07. The van der Waals surface area contributed by atoms with Gasteiger partial charge in [-0.1, -0.05) is 12.1 Å². The van der Waals surface area contributed by atoms with Crippen molar-refractivity contribution in [3.63, 3.8) is 0 Å². The van der Waals surface area contributed by atoms with Crippen LogP contribution in [0.5, 0.6) is 0 Å². The molecular formula is C12H14F2N2O. The molecule has 0 saturated carbocycles. The van der Waals surface area contributed by atoms with E-state index in [4.69, 9.17) is 0 Å². The average molecular weight is 240 g/mol. The van der Waals surface area contributed by atoms with E-state index in [0.717, 1.165) is 12.1 Å². The molecule has 3 nitrogen and oxygen atoms in total. The van der Waals surface area contributed by atoms with Gasteiger partial charge < -0.3 is 10.6 Å². The molecule has 1 amide bonds. The molecule has 17 heavy (non-hydrogen) atoms. The van der Waals surface area contributed by atoms with E-state index in [2.05, 4.69) is 17.2 Å². The van der Waals surface area contributed by atoms with Crippen LogP contribution < -0.4 is 10.6 Å². The lowest BCUT2D eigenvalue weighted by Crippen LogP contribution is -2.37. The Morgan fingerprint density at radius 1 is 1.47 bits per heavy atom. The lowest BCUT2D eigenvalue weighted by atomic mass is 10.2. The minimum Gasteiger partial charge on any atom is -0.369 e. The predicted molar refractivity (Wildman–Crippen MR) is 62.6 cm³/mol. The van der Waals surface area contributed by atoms with E-state index in [-0.39, 0.29) is 11.6 Å². The lowest BCUT2D eigenvalue weighted by molar-refractivity contribution is -0.121. The van der Waals surface area contributed by atoms with Crippen molar-refractivity contribution in [2.24, 2.45) is 0 Å². The van der Waals surface area contributed by atoms with Gasteiger partial charge in [-0.25, -0.2) is 8.78 Å². The molecule has 0 spiro atoms. The lowest BCUT2D eigenvalue weighted by Gasteiger charge is -2.15. The zero-order chi connectivity index (χ0) is 12.8. The first-order valence-electron chi connectivity index (χ1n) is 5.15. The van der Waals surface area contributed by atoms with Crippen molar-refractivity contribution in [1.82, 2.24) is 5.32 Å². The molecule has 1 aromatic rings. The summed E-state index contributed by atoms with van der Waals surface area (Å²) in [6, 6.07) is 2.78. The summed E-state index contributed by atoms with van der Waals surface area (Å²) in [7, 11) is 0. The van der Waals surface area contributed by atoms with Crippen molar-refractivity contribution < 1.29 is 13.6 Å². The number of rotatable bonds is 5. The second-order valence-electron chi connectivity index (χ2n) is 3.50. The van der Waals surface area contributed by atoms with Crippen molar-refractivity contribution in [2.45, 2.75) is 13.0 Å². The van der Waals surface area contributed by atoms with Crippen molar-refractivity contribution in [1.29, 1.82) is 0 Å². The van der Waals surface area contributed by atoms with Crippen molar-refractivity contribution in [2.75, 3.05) is 11.9 Å². The van der Waals surface area contributed by atoms with E-state index >= 15 is 0 Å². The summed E-state index contributed by atoms with van der Waals surface area (Å²) in [5.41, 5.74) is -0.297. The highest BCUT2D eigenvalue weighted by Crippen LogP contribution is 2.18. The molecule has 0 aliphatic rings. The molecule has 0 saturated heterocycles. The van der Waals surface area contributed by atoms with Crippen LogP contribution in [0.3, 0.4) is 0 Å². The van der Waals surface area contributed by atoms with E-state index < -0.39 is 17.7 Å². The Bertz CT molecular complexity index is 401. The third kappa shape index (κ3) is 3.55. The molecule has 5 heteroatoms.